The van der Waals surface area contributed by atoms with Crippen LogP contribution >= 0.6 is 0 Å². The summed E-state index contributed by atoms with van der Waals surface area (Å²) in [5, 5.41) is 0. The lowest BCUT2D eigenvalue weighted by Crippen LogP contribution is -2.18. The molecule has 0 N–H and O–H groups in total. The van der Waals surface area contributed by atoms with Gasteiger partial charge in [0.05, 0.1) is 5.57 Å². The largest absolute Gasteiger partial charge is 0.423 e. The highest BCUT2D eigenvalue weighted by Gasteiger charge is 2.23. The van der Waals surface area contributed by atoms with Gasteiger partial charge in [-0.2, -0.15) is 0 Å². The van der Waals surface area contributed by atoms with E-state index in [0.29, 0.717) is 11.3 Å². The van der Waals surface area contributed by atoms with Crippen LogP contribution in [0.1, 0.15) is 37.5 Å². The van der Waals surface area contributed by atoms with Crippen molar-refractivity contribution in [2.75, 3.05) is 0 Å². The molecule has 0 fully saturated rings. The van der Waals surface area contributed by atoms with Gasteiger partial charge < -0.3 is 4.74 Å². The lowest BCUT2D eigenvalue weighted by atomic mass is 9.78. The molecule has 0 aliphatic carbocycles. The number of rotatable bonds is 6. The molecular weight excluding hydrogens is 320 g/mol. The van der Waals surface area contributed by atoms with Crippen LogP contribution in [0.5, 0.6) is 5.75 Å². The second-order valence-electron chi connectivity index (χ2n) is 6.76. The maximum Gasteiger partial charge on any atom is 0.343 e. The monoisotopic (exact) mass is 346 g/mol. The van der Waals surface area contributed by atoms with Gasteiger partial charge in [-0.3, -0.25) is 0 Å². The fraction of sp³-hybridized carbons (Fsp3) is 0.208. The summed E-state index contributed by atoms with van der Waals surface area (Å²) in [6.45, 7) is 12.0. The summed E-state index contributed by atoms with van der Waals surface area (Å²) < 4.78 is 5.44. The molecular formula is C24H26O2. The lowest BCUT2D eigenvalue weighted by molar-refractivity contribution is -0.129. The zero-order chi connectivity index (χ0) is 19.2. The van der Waals surface area contributed by atoms with Crippen LogP contribution in [0.25, 0.3) is 0 Å². The van der Waals surface area contributed by atoms with Gasteiger partial charge in [0.2, 0.25) is 0 Å². The van der Waals surface area contributed by atoms with Crippen molar-refractivity contribution < 1.29 is 9.53 Å². The lowest BCUT2D eigenvalue weighted by Gasteiger charge is -2.26. The molecule has 0 atom stereocenters. The molecule has 0 aliphatic rings. The third-order valence-electron chi connectivity index (χ3n) is 4.48. The first kappa shape index (κ1) is 19.5. The fourth-order valence-electron chi connectivity index (χ4n) is 2.66. The van der Waals surface area contributed by atoms with E-state index in [-0.39, 0.29) is 5.41 Å². The van der Waals surface area contributed by atoms with Crippen LogP contribution < -0.4 is 4.74 Å². The Labute approximate surface area is 156 Å². The third-order valence-corrected chi connectivity index (χ3v) is 4.48. The Morgan fingerprint density at radius 2 is 1.54 bits per heavy atom. The molecule has 0 spiro atoms. The van der Waals surface area contributed by atoms with Crippen LogP contribution in [0.3, 0.4) is 0 Å². The smallest absolute Gasteiger partial charge is 0.343 e. The molecule has 26 heavy (non-hydrogen) atoms. The zero-order valence-corrected chi connectivity index (χ0v) is 16.0. The maximum atomic E-state index is 12.2. The van der Waals surface area contributed by atoms with Crippen LogP contribution in [0.2, 0.25) is 0 Å². The summed E-state index contributed by atoms with van der Waals surface area (Å²) in [6, 6.07) is 16.2. The number of carbonyl (C=O) groups excluding carboxylic acids is 1. The van der Waals surface area contributed by atoms with E-state index in [4.69, 9.17) is 4.74 Å². The minimum Gasteiger partial charge on any atom is -0.423 e. The van der Waals surface area contributed by atoms with E-state index in [0.717, 1.165) is 5.56 Å². The number of allylic oxidation sites excluding steroid dienone is 3. The van der Waals surface area contributed by atoms with Gasteiger partial charge in [-0.1, -0.05) is 80.6 Å². The van der Waals surface area contributed by atoms with Crippen molar-refractivity contribution in [3.63, 3.8) is 0 Å². The summed E-state index contributed by atoms with van der Waals surface area (Å²) in [5.41, 5.74) is 3.95. The topological polar surface area (TPSA) is 26.3 Å². The highest BCUT2D eigenvalue weighted by Crippen LogP contribution is 2.32. The number of hydrogen-bond donors (Lipinski definition) is 0. The van der Waals surface area contributed by atoms with Crippen LogP contribution in [0.15, 0.2) is 85.0 Å². The van der Waals surface area contributed by atoms with Gasteiger partial charge in [0, 0.05) is 5.41 Å². The summed E-state index contributed by atoms with van der Waals surface area (Å²) in [5.74, 6) is 0.107. The van der Waals surface area contributed by atoms with Gasteiger partial charge in [-0.15, -0.1) is 0 Å². The van der Waals surface area contributed by atoms with E-state index < -0.39 is 5.97 Å². The van der Waals surface area contributed by atoms with Crippen molar-refractivity contribution in [3.8, 4) is 5.75 Å². The Bertz CT molecular complexity index is 820. The van der Waals surface area contributed by atoms with E-state index in [2.05, 4.69) is 51.6 Å². The summed E-state index contributed by atoms with van der Waals surface area (Å²) in [6.07, 6.45) is 6.81. The number of esters is 1. The summed E-state index contributed by atoms with van der Waals surface area (Å²) in [7, 11) is 0. The molecule has 0 amide bonds. The minimum absolute atomic E-state index is 0.131. The van der Waals surface area contributed by atoms with Gasteiger partial charge in [0.25, 0.3) is 0 Å². The van der Waals surface area contributed by atoms with E-state index >= 15 is 0 Å². The molecule has 0 heterocycles. The average Bonchev–Trinajstić information content (AvgIpc) is 2.63. The van der Waals surface area contributed by atoms with Crippen LogP contribution in [-0.2, 0) is 10.2 Å². The van der Waals surface area contributed by atoms with Gasteiger partial charge in [0.1, 0.15) is 5.75 Å². The van der Waals surface area contributed by atoms with Crippen molar-refractivity contribution in [1.29, 1.82) is 0 Å². The predicted octanol–water partition coefficient (Wildman–Crippen LogP) is 5.91. The van der Waals surface area contributed by atoms with Crippen LogP contribution in [0.4, 0.5) is 0 Å². The first-order valence-corrected chi connectivity index (χ1v) is 8.73. The third kappa shape index (κ3) is 4.60. The molecule has 0 aromatic heterocycles. The second-order valence-corrected chi connectivity index (χ2v) is 6.76. The molecule has 2 rings (SSSR count). The first-order chi connectivity index (χ1) is 12.4. The Kier molecular flexibility index (Phi) is 6.35. The molecule has 2 nitrogen and oxygen atoms in total. The first-order valence-electron chi connectivity index (χ1n) is 8.73. The van der Waals surface area contributed by atoms with Gasteiger partial charge in [-0.05, 0) is 43.2 Å². The number of hydrogen-bond acceptors (Lipinski definition) is 2. The van der Waals surface area contributed by atoms with E-state index in [1.807, 2.05) is 37.3 Å². The van der Waals surface area contributed by atoms with Gasteiger partial charge in [0.15, 0.2) is 0 Å². The highest BCUT2D eigenvalue weighted by atomic mass is 16.5. The molecule has 0 saturated carbocycles. The van der Waals surface area contributed by atoms with Crippen LogP contribution in [0, 0.1) is 6.92 Å². The van der Waals surface area contributed by atoms with Crippen molar-refractivity contribution in [1.82, 2.24) is 0 Å². The predicted molar refractivity (Wildman–Crippen MR) is 108 cm³/mol. The van der Waals surface area contributed by atoms with Crippen molar-refractivity contribution in [2.24, 2.45) is 0 Å². The van der Waals surface area contributed by atoms with Gasteiger partial charge in [-0.25, -0.2) is 4.79 Å². The van der Waals surface area contributed by atoms with E-state index in [1.165, 1.54) is 17.2 Å². The summed E-state index contributed by atoms with van der Waals surface area (Å²) >= 11 is 0. The Morgan fingerprint density at radius 3 is 2.04 bits per heavy atom. The maximum absolute atomic E-state index is 12.2. The quantitative estimate of drug-likeness (QED) is 0.281. The number of ether oxygens (including phenoxy) is 1. The minimum atomic E-state index is -0.413. The Morgan fingerprint density at radius 1 is 1.00 bits per heavy atom. The highest BCUT2D eigenvalue weighted by molar-refractivity contribution is 5.93. The number of benzene rings is 2. The standard InChI is InChI=1S/C24H26O2/c1-6-8-9-19(7-2)23(25)26-22-16-14-21(15-17-22)24(4,5)20-12-10-18(3)11-13-20/h6-17H,2H2,1,3-5H3/b8-6-,19-9+. The molecule has 134 valence electrons. The second kappa shape index (κ2) is 8.48. The molecule has 0 aliphatic heterocycles. The molecule has 2 heteroatoms. The molecule has 0 unspecified atom stereocenters. The Balaban J connectivity index is 2.18. The van der Waals surface area contributed by atoms with Crippen molar-refractivity contribution in [3.05, 3.63) is 102 Å². The van der Waals surface area contributed by atoms with Gasteiger partial charge >= 0.3 is 5.97 Å². The van der Waals surface area contributed by atoms with E-state index in [9.17, 15) is 4.79 Å². The zero-order valence-electron chi connectivity index (χ0n) is 16.0. The molecule has 0 saturated heterocycles. The summed E-state index contributed by atoms with van der Waals surface area (Å²) in [4.78, 5) is 12.2. The molecule has 0 bridgehead atoms. The van der Waals surface area contributed by atoms with Crippen molar-refractivity contribution >= 4 is 5.97 Å². The average molecular weight is 346 g/mol. The Hall–Kier alpha value is -2.87. The normalized spacial score (nSPS) is 12.2. The molecule has 2 aromatic carbocycles. The SMILES string of the molecule is C=C/C(=C\C=C/C)C(=O)Oc1ccc(C(C)(C)c2ccc(C)cc2)cc1. The number of carbonyl (C=O) groups is 1. The van der Waals surface area contributed by atoms with E-state index in [1.54, 1.807) is 12.2 Å². The molecule has 0 radical (unpaired) electrons. The number of aryl methyl sites for hydroxylation is 1. The van der Waals surface area contributed by atoms with Crippen molar-refractivity contribution in [2.45, 2.75) is 33.1 Å². The fourth-order valence-corrected chi connectivity index (χ4v) is 2.66. The molecule has 2 aromatic rings. The van der Waals surface area contributed by atoms with Crippen LogP contribution in [-0.4, -0.2) is 5.97 Å².